The maximum absolute atomic E-state index is 9.56. The number of thiophene rings is 1. The highest BCUT2D eigenvalue weighted by Crippen LogP contribution is 2.44. The van der Waals surface area contributed by atoms with Gasteiger partial charge in [-0.05, 0) is 53.6 Å². The summed E-state index contributed by atoms with van der Waals surface area (Å²) < 4.78 is 50.5. The predicted molar refractivity (Wildman–Crippen MR) is 263 cm³/mol. The summed E-state index contributed by atoms with van der Waals surface area (Å²) in [7, 11) is 0. The fourth-order valence-electron chi connectivity index (χ4n) is 9.18. The maximum Gasteiger partial charge on any atom is 0.238 e. The summed E-state index contributed by atoms with van der Waals surface area (Å²) in [6.07, 6.45) is 0. The second-order valence-corrected chi connectivity index (χ2v) is 16.6. The third-order valence-electron chi connectivity index (χ3n) is 12.0. The number of hydrogen-bond acceptors (Lipinski definition) is 4. The van der Waals surface area contributed by atoms with Crippen LogP contribution in [0, 0.1) is 0 Å². The lowest BCUT2D eigenvalue weighted by molar-refractivity contribution is 0.953. The topological polar surface area (TPSA) is 48.5 Å². The van der Waals surface area contributed by atoms with E-state index in [2.05, 4.69) is 100 Å². The summed E-state index contributed by atoms with van der Waals surface area (Å²) in [5, 5.41) is 5.15. The van der Waals surface area contributed by atoms with Crippen LogP contribution in [-0.4, -0.2) is 24.1 Å². The number of benzene rings is 9. The van der Waals surface area contributed by atoms with Crippen LogP contribution in [0.3, 0.4) is 0 Å². The van der Waals surface area contributed by atoms with Crippen molar-refractivity contribution in [2.24, 2.45) is 0 Å². The van der Waals surface area contributed by atoms with Crippen molar-refractivity contribution in [1.82, 2.24) is 24.1 Å². The van der Waals surface area contributed by atoms with Crippen molar-refractivity contribution in [1.29, 1.82) is 0 Å². The Morgan fingerprint density at radius 3 is 1.71 bits per heavy atom. The molecule has 0 aliphatic rings. The highest BCUT2D eigenvalue weighted by molar-refractivity contribution is 7.26. The second kappa shape index (κ2) is 14.2. The van der Waals surface area contributed by atoms with Crippen molar-refractivity contribution >= 4 is 75.1 Å². The normalized spacial score (nSPS) is 12.9. The minimum Gasteiger partial charge on any atom is -0.309 e. The first-order chi connectivity index (χ1) is 33.3. The van der Waals surface area contributed by atoms with Crippen LogP contribution >= 0.6 is 11.3 Å². The molecule has 0 fully saturated rings. The van der Waals surface area contributed by atoms with Crippen molar-refractivity contribution < 1.29 is 6.85 Å². The average molecular weight is 827 g/mol. The van der Waals surface area contributed by atoms with Crippen LogP contribution in [0.1, 0.15) is 6.85 Å². The van der Waals surface area contributed by atoms with E-state index in [1.54, 1.807) is 0 Å². The lowest BCUT2D eigenvalue weighted by Gasteiger charge is -2.17. The summed E-state index contributed by atoms with van der Waals surface area (Å²) in [5.74, 6) is 1.43. The highest BCUT2D eigenvalue weighted by atomic mass is 32.1. The zero-order valence-electron chi connectivity index (χ0n) is 38.5. The Labute approximate surface area is 373 Å². The number of nitrogens with zero attached hydrogens (tertiary/aromatic N) is 5. The average Bonchev–Trinajstić information content (AvgIpc) is 4.05. The monoisotopic (exact) mass is 826 g/mol. The van der Waals surface area contributed by atoms with Crippen molar-refractivity contribution in [2.75, 3.05) is 0 Å². The fraction of sp³-hybridized carbons (Fsp3) is 0. The minimum absolute atomic E-state index is 0.0304. The first-order valence-corrected chi connectivity index (χ1v) is 21.6. The van der Waals surface area contributed by atoms with E-state index in [-0.39, 0.29) is 30.2 Å². The van der Waals surface area contributed by atoms with E-state index in [1.807, 2.05) is 78.9 Å². The first-order valence-electron chi connectivity index (χ1n) is 23.3. The molecule has 0 spiro atoms. The van der Waals surface area contributed by atoms with Gasteiger partial charge in [-0.1, -0.05) is 170 Å². The molecule has 6 heteroatoms. The Hall–Kier alpha value is -8.19. The quantitative estimate of drug-likeness (QED) is 0.168. The van der Waals surface area contributed by atoms with Crippen LogP contribution < -0.4 is 0 Å². The van der Waals surface area contributed by atoms with Crippen LogP contribution in [0.15, 0.2) is 212 Å². The highest BCUT2D eigenvalue weighted by Gasteiger charge is 2.22. The smallest absolute Gasteiger partial charge is 0.238 e. The molecule has 63 heavy (non-hydrogen) atoms. The van der Waals surface area contributed by atoms with Gasteiger partial charge in [-0.3, -0.25) is 4.57 Å². The zero-order chi connectivity index (χ0) is 45.8. The van der Waals surface area contributed by atoms with Gasteiger partial charge < -0.3 is 4.57 Å². The van der Waals surface area contributed by atoms with E-state index in [4.69, 9.17) is 20.4 Å². The number of rotatable bonds is 6. The van der Waals surface area contributed by atoms with Crippen LogP contribution in [0.25, 0.3) is 120 Å². The number of para-hydroxylation sites is 3. The Morgan fingerprint density at radius 1 is 0.381 bits per heavy atom. The number of hydrogen-bond donors (Lipinski definition) is 0. The van der Waals surface area contributed by atoms with Gasteiger partial charge in [0.1, 0.15) is 0 Å². The number of aromatic nitrogens is 5. The van der Waals surface area contributed by atoms with Crippen molar-refractivity contribution in [2.45, 2.75) is 0 Å². The summed E-state index contributed by atoms with van der Waals surface area (Å²) >= 11 is 1.30. The van der Waals surface area contributed by atoms with Gasteiger partial charge in [0.25, 0.3) is 0 Å². The molecule has 0 aliphatic heterocycles. The van der Waals surface area contributed by atoms with Gasteiger partial charge in [-0.15, -0.1) is 11.3 Å². The van der Waals surface area contributed by atoms with Crippen molar-refractivity contribution in [3.8, 4) is 56.7 Å². The summed E-state index contributed by atoms with van der Waals surface area (Å²) in [6, 6.07) is 61.0. The molecule has 0 amide bonds. The number of fused-ring (bicyclic) bond motifs is 9. The van der Waals surface area contributed by atoms with E-state index in [0.717, 1.165) is 77.1 Å². The van der Waals surface area contributed by atoms with E-state index in [1.165, 1.54) is 23.5 Å². The van der Waals surface area contributed by atoms with Gasteiger partial charge in [-0.2, -0.15) is 9.97 Å². The third kappa shape index (κ3) is 5.66. The molecule has 0 aliphatic carbocycles. The molecule has 9 aromatic carbocycles. The Morgan fingerprint density at radius 2 is 0.984 bits per heavy atom. The van der Waals surface area contributed by atoms with Crippen LogP contribution in [0.5, 0.6) is 0 Å². The van der Waals surface area contributed by atoms with Crippen LogP contribution in [-0.2, 0) is 0 Å². The van der Waals surface area contributed by atoms with Gasteiger partial charge >= 0.3 is 0 Å². The Balaban J connectivity index is 1.11. The molecular weight excluding hydrogens is 787 g/mol. The molecule has 294 valence electrons. The fourth-order valence-corrected chi connectivity index (χ4v) is 10.3. The zero-order valence-corrected chi connectivity index (χ0v) is 34.3. The molecule has 0 radical (unpaired) electrons. The third-order valence-corrected chi connectivity index (χ3v) is 13.2. The Kier molecular flexibility index (Phi) is 6.94. The van der Waals surface area contributed by atoms with E-state index < -0.39 is 0 Å². The van der Waals surface area contributed by atoms with Crippen molar-refractivity contribution in [3.63, 3.8) is 0 Å². The predicted octanol–water partition coefficient (Wildman–Crippen LogP) is 15.1. The van der Waals surface area contributed by atoms with Gasteiger partial charge in [0.15, 0.2) is 11.6 Å². The lowest BCUT2D eigenvalue weighted by atomic mass is 9.98. The molecule has 4 aromatic heterocycles. The lowest BCUT2D eigenvalue weighted by Crippen LogP contribution is -2.07. The van der Waals surface area contributed by atoms with Crippen molar-refractivity contribution in [3.05, 3.63) is 212 Å². The first kappa shape index (κ1) is 30.8. The summed E-state index contributed by atoms with van der Waals surface area (Å²) in [4.78, 5) is 15.8. The molecule has 0 saturated heterocycles. The van der Waals surface area contributed by atoms with Gasteiger partial charge in [-0.25, -0.2) is 4.98 Å². The summed E-state index contributed by atoms with van der Waals surface area (Å²) in [6.45, 7) is 0. The standard InChI is InChI=1S/C57H35N5S/c1-3-16-36(17-4-1)38-31-33-51-47(34-38)42-22-9-13-28-50(42)62(51)57-59-55(37-18-5-2-6-19-37)58-56(60-57)39-30-32-43(45-24-15-25-46-44-23-10-14-29-53(44)63-54(45)46)52(35-39)61-48-26-11-7-20-40(48)41-21-8-12-27-49(41)61/h1-35H/i10D,23D,24D,25D,29D. The van der Waals surface area contributed by atoms with Crippen LogP contribution in [0.2, 0.25) is 0 Å². The maximum atomic E-state index is 9.56. The van der Waals surface area contributed by atoms with Gasteiger partial charge in [0.2, 0.25) is 5.95 Å². The molecule has 0 bridgehead atoms. The minimum atomic E-state index is -0.0714. The molecule has 13 rings (SSSR count). The van der Waals surface area contributed by atoms with Gasteiger partial charge in [0.05, 0.1) is 34.6 Å². The van der Waals surface area contributed by atoms with E-state index in [0.29, 0.717) is 43.3 Å². The largest absolute Gasteiger partial charge is 0.309 e. The Bertz CT molecular complexity index is 4170. The molecule has 0 atom stereocenters. The molecule has 0 unspecified atom stereocenters. The van der Waals surface area contributed by atoms with E-state index in [9.17, 15) is 1.37 Å². The van der Waals surface area contributed by atoms with Crippen LogP contribution in [0.4, 0.5) is 0 Å². The SMILES string of the molecule is [2H]c1cc([2H])c2c(sc3c([2H])cc([2H])c([2H])c32)c1-c1ccc(-c2nc(-c3ccccc3)nc(-n3c4ccccc4c4cc(-c5ccccc5)ccc43)n2)cc1-n1c2ccccc2c2ccccc21. The molecule has 13 aromatic rings. The van der Waals surface area contributed by atoms with E-state index >= 15 is 0 Å². The molecule has 4 heterocycles. The molecule has 5 nitrogen and oxygen atoms in total. The molecule has 0 saturated carbocycles. The summed E-state index contributed by atoms with van der Waals surface area (Å²) in [5.41, 5.74) is 9.71. The van der Waals surface area contributed by atoms with Gasteiger partial charge in [0, 0.05) is 64.0 Å². The molecular formula is C57H35N5S. The second-order valence-electron chi connectivity index (χ2n) is 15.6. The molecule has 0 N–H and O–H groups in total.